The molecular formula is C15H30BN3O4. The highest BCUT2D eigenvalue weighted by Gasteiger charge is 2.35. The maximum atomic E-state index is 11.1. The van der Waals surface area contributed by atoms with Gasteiger partial charge >= 0.3 is 7.05 Å². The van der Waals surface area contributed by atoms with Gasteiger partial charge in [0.15, 0.2) is 6.17 Å². The van der Waals surface area contributed by atoms with Gasteiger partial charge in [-0.05, 0) is 42.7 Å². The Balaban J connectivity index is 2.53. The van der Waals surface area contributed by atoms with E-state index in [0.717, 1.165) is 32.1 Å². The lowest BCUT2D eigenvalue weighted by Crippen LogP contribution is -2.43. The highest BCUT2D eigenvalue weighted by molar-refractivity contribution is 6.45. The lowest BCUT2D eigenvalue weighted by atomic mass is 9.70. The first-order chi connectivity index (χ1) is 11.0. The van der Waals surface area contributed by atoms with Gasteiger partial charge < -0.3 is 15.1 Å². The van der Waals surface area contributed by atoms with Crippen molar-refractivity contribution in [3.8, 4) is 0 Å². The second-order valence-electron chi connectivity index (χ2n) is 6.94. The maximum Gasteiger partial charge on any atom is 0.373 e. The van der Waals surface area contributed by atoms with Crippen LogP contribution in [0.3, 0.4) is 0 Å². The Labute approximate surface area is 139 Å². The SMILES string of the molecule is CB(O)NCC1(CC(N=O)N=COOCC(C)C)CCCCC1. The minimum atomic E-state index is -0.688. The predicted molar refractivity (Wildman–Crippen MR) is 91.9 cm³/mol. The third-order valence-electron chi connectivity index (χ3n) is 4.17. The molecule has 0 spiro atoms. The van der Waals surface area contributed by atoms with E-state index in [0.29, 0.717) is 25.5 Å². The summed E-state index contributed by atoms with van der Waals surface area (Å²) in [7, 11) is -0.562. The summed E-state index contributed by atoms with van der Waals surface area (Å²) in [5.74, 6) is 0.362. The van der Waals surface area contributed by atoms with Crippen LogP contribution >= 0.6 is 0 Å². The minimum Gasteiger partial charge on any atom is -0.437 e. The molecule has 1 rings (SSSR count). The van der Waals surface area contributed by atoms with E-state index >= 15 is 0 Å². The molecule has 0 aromatic heterocycles. The van der Waals surface area contributed by atoms with Crippen LogP contribution in [-0.2, 0) is 9.78 Å². The first kappa shape index (κ1) is 20.1. The summed E-state index contributed by atoms with van der Waals surface area (Å²) >= 11 is 0. The highest BCUT2D eigenvalue weighted by atomic mass is 17.2. The normalized spacial score (nSPS) is 19.0. The van der Waals surface area contributed by atoms with Crippen molar-refractivity contribution in [2.45, 2.75) is 65.4 Å². The Bertz CT molecular complexity index is 361. The Hall–Kier alpha value is -0.985. The van der Waals surface area contributed by atoms with Gasteiger partial charge in [-0.25, -0.2) is 4.99 Å². The lowest BCUT2D eigenvalue weighted by Gasteiger charge is -2.38. The molecule has 0 aliphatic heterocycles. The molecule has 0 aromatic carbocycles. The fourth-order valence-electron chi connectivity index (χ4n) is 2.92. The zero-order chi connectivity index (χ0) is 17.1. The zero-order valence-corrected chi connectivity index (χ0v) is 14.5. The van der Waals surface area contributed by atoms with Crippen LogP contribution in [0, 0.1) is 16.2 Å². The fraction of sp³-hybridized carbons (Fsp3) is 0.933. The van der Waals surface area contributed by atoms with Crippen LogP contribution in [-0.4, -0.2) is 37.8 Å². The van der Waals surface area contributed by atoms with Crippen LogP contribution < -0.4 is 5.23 Å². The molecule has 1 aliphatic carbocycles. The Morgan fingerprint density at radius 3 is 2.61 bits per heavy atom. The fourth-order valence-corrected chi connectivity index (χ4v) is 2.92. The predicted octanol–water partition coefficient (Wildman–Crippen LogP) is 2.75. The van der Waals surface area contributed by atoms with Gasteiger partial charge in [0.1, 0.15) is 0 Å². The summed E-state index contributed by atoms with van der Waals surface area (Å²) in [6, 6.07) is 0. The smallest absolute Gasteiger partial charge is 0.373 e. The number of aliphatic imine (C=N–C) groups is 1. The molecule has 7 nitrogen and oxygen atoms in total. The molecule has 1 fully saturated rings. The van der Waals surface area contributed by atoms with Crippen molar-refractivity contribution in [3.05, 3.63) is 4.91 Å². The third-order valence-corrected chi connectivity index (χ3v) is 4.17. The zero-order valence-electron chi connectivity index (χ0n) is 14.5. The monoisotopic (exact) mass is 327 g/mol. The second kappa shape index (κ2) is 10.7. The molecule has 2 N–H and O–H groups in total. The molecule has 23 heavy (non-hydrogen) atoms. The summed E-state index contributed by atoms with van der Waals surface area (Å²) in [6.45, 7) is 6.85. The van der Waals surface area contributed by atoms with Gasteiger partial charge in [0.05, 0.1) is 6.61 Å². The van der Waals surface area contributed by atoms with Crippen LogP contribution in [0.25, 0.3) is 0 Å². The Kier molecular flexibility index (Phi) is 9.36. The molecule has 0 radical (unpaired) electrons. The van der Waals surface area contributed by atoms with Crippen LogP contribution in [0.4, 0.5) is 0 Å². The number of nitroso groups, excluding NO2 is 1. The Morgan fingerprint density at radius 2 is 2.04 bits per heavy atom. The van der Waals surface area contributed by atoms with Crippen molar-refractivity contribution < 1.29 is 14.8 Å². The van der Waals surface area contributed by atoms with Gasteiger partial charge in [-0.15, -0.1) is 4.91 Å². The van der Waals surface area contributed by atoms with Gasteiger partial charge in [0, 0.05) is 6.42 Å². The van der Waals surface area contributed by atoms with Gasteiger partial charge in [-0.1, -0.05) is 33.1 Å². The van der Waals surface area contributed by atoms with E-state index in [9.17, 15) is 9.93 Å². The summed E-state index contributed by atoms with van der Waals surface area (Å²) < 4.78 is 0. The molecule has 8 heteroatoms. The first-order valence-electron chi connectivity index (χ1n) is 8.51. The maximum absolute atomic E-state index is 11.1. The number of rotatable bonds is 11. The molecule has 1 aliphatic rings. The van der Waals surface area contributed by atoms with Crippen molar-refractivity contribution in [3.63, 3.8) is 0 Å². The van der Waals surface area contributed by atoms with Gasteiger partial charge in [0.2, 0.25) is 6.40 Å². The van der Waals surface area contributed by atoms with Gasteiger partial charge in [0.25, 0.3) is 0 Å². The lowest BCUT2D eigenvalue weighted by molar-refractivity contribution is -0.223. The van der Waals surface area contributed by atoms with E-state index < -0.39 is 13.2 Å². The van der Waals surface area contributed by atoms with E-state index in [-0.39, 0.29) is 5.41 Å². The van der Waals surface area contributed by atoms with Crippen LogP contribution in [0.1, 0.15) is 52.4 Å². The molecule has 1 atom stereocenters. The van der Waals surface area contributed by atoms with E-state index in [2.05, 4.69) is 15.4 Å². The summed E-state index contributed by atoms with van der Waals surface area (Å²) in [6.07, 6.45) is 6.53. The van der Waals surface area contributed by atoms with Crippen molar-refractivity contribution in [2.75, 3.05) is 13.2 Å². The highest BCUT2D eigenvalue weighted by Crippen LogP contribution is 2.40. The number of nitrogens with one attached hydrogen (secondary N) is 1. The van der Waals surface area contributed by atoms with Gasteiger partial charge in [-0.3, -0.25) is 0 Å². The molecule has 0 bridgehead atoms. The van der Waals surface area contributed by atoms with Crippen molar-refractivity contribution >= 4 is 13.5 Å². The van der Waals surface area contributed by atoms with E-state index in [1.165, 1.54) is 6.42 Å². The molecule has 0 amide bonds. The second-order valence-corrected chi connectivity index (χ2v) is 6.94. The van der Waals surface area contributed by atoms with Gasteiger partial charge in [-0.2, -0.15) is 4.89 Å². The number of hydrogen-bond donors (Lipinski definition) is 2. The van der Waals surface area contributed by atoms with Crippen molar-refractivity contribution in [1.29, 1.82) is 0 Å². The topological polar surface area (TPSA) is 92.5 Å². The molecule has 1 unspecified atom stereocenters. The van der Waals surface area contributed by atoms with E-state index in [1.807, 2.05) is 13.8 Å². The average molecular weight is 327 g/mol. The Morgan fingerprint density at radius 1 is 1.35 bits per heavy atom. The van der Waals surface area contributed by atoms with Crippen LogP contribution in [0.5, 0.6) is 0 Å². The minimum absolute atomic E-state index is 0.0516. The van der Waals surface area contributed by atoms with E-state index in [4.69, 9.17) is 9.78 Å². The average Bonchev–Trinajstić information content (AvgIpc) is 2.52. The molecule has 0 heterocycles. The quantitative estimate of drug-likeness (QED) is 0.116. The largest absolute Gasteiger partial charge is 0.437 e. The summed E-state index contributed by atoms with van der Waals surface area (Å²) in [5.41, 5.74) is -0.0516. The van der Waals surface area contributed by atoms with Crippen molar-refractivity contribution in [2.24, 2.45) is 21.5 Å². The standard InChI is InChI=1S/C15H30BN3O4/c1-13(2)10-22-23-12-17-14(19-21)9-15(11-18-16(3)20)7-5-4-6-8-15/h12-14,18,20H,4-11H2,1-3H3. The van der Waals surface area contributed by atoms with Crippen LogP contribution in [0.2, 0.25) is 6.82 Å². The number of hydrogen-bond acceptors (Lipinski definition) is 7. The summed E-state index contributed by atoms with van der Waals surface area (Å²) in [5, 5.41) is 15.7. The molecule has 1 saturated carbocycles. The molecule has 0 saturated heterocycles. The van der Waals surface area contributed by atoms with Crippen molar-refractivity contribution in [1.82, 2.24) is 5.23 Å². The van der Waals surface area contributed by atoms with E-state index in [1.54, 1.807) is 6.82 Å². The molecule has 0 aromatic rings. The molecular weight excluding hydrogens is 297 g/mol. The van der Waals surface area contributed by atoms with Crippen LogP contribution in [0.15, 0.2) is 10.2 Å². The molecule has 132 valence electrons. The summed E-state index contributed by atoms with van der Waals surface area (Å²) in [4.78, 5) is 25.0. The third kappa shape index (κ3) is 8.43. The number of nitrogens with zero attached hydrogens (tertiary/aromatic N) is 2. The first-order valence-corrected chi connectivity index (χ1v) is 8.51.